The summed E-state index contributed by atoms with van der Waals surface area (Å²) in [5, 5.41) is 2.93. The lowest BCUT2D eigenvalue weighted by Gasteiger charge is -2.18. The largest absolute Gasteiger partial charge is 0.349 e. The minimum absolute atomic E-state index is 0.0548. The van der Waals surface area contributed by atoms with Crippen molar-refractivity contribution in [1.82, 2.24) is 5.32 Å². The standard InChI is InChI=1S/C10H12Br2ClNOS/c1-5(4-13)6(2)14-10(15)8-3-7(11)9(12)16-8/h3,5-6H,4H2,1-2H3,(H,14,15). The van der Waals surface area contributed by atoms with Gasteiger partial charge in [0, 0.05) is 16.4 Å². The molecular formula is C10H12Br2ClNOS. The molecule has 1 rings (SSSR count). The SMILES string of the molecule is CC(CCl)C(C)NC(=O)c1cc(Br)c(Br)s1. The van der Waals surface area contributed by atoms with Crippen LogP contribution in [0.3, 0.4) is 0 Å². The quantitative estimate of drug-likeness (QED) is 0.766. The van der Waals surface area contributed by atoms with Crippen molar-refractivity contribution in [2.75, 3.05) is 5.88 Å². The highest BCUT2D eigenvalue weighted by atomic mass is 79.9. The van der Waals surface area contributed by atoms with E-state index in [2.05, 4.69) is 37.2 Å². The van der Waals surface area contributed by atoms with Crippen LogP contribution in [0.15, 0.2) is 14.3 Å². The average Bonchev–Trinajstić information content (AvgIpc) is 2.58. The van der Waals surface area contributed by atoms with Gasteiger partial charge in [-0.25, -0.2) is 0 Å². The van der Waals surface area contributed by atoms with Gasteiger partial charge in [0.05, 0.1) is 8.66 Å². The molecule has 0 spiro atoms. The summed E-state index contributed by atoms with van der Waals surface area (Å²) in [4.78, 5) is 12.5. The number of nitrogens with one attached hydrogen (secondary N) is 1. The molecular weight excluding hydrogens is 377 g/mol. The summed E-state index contributed by atoms with van der Waals surface area (Å²) in [6.45, 7) is 3.97. The van der Waals surface area contributed by atoms with Gasteiger partial charge in [0.2, 0.25) is 0 Å². The Hall–Kier alpha value is 0.420. The first kappa shape index (κ1) is 14.5. The molecule has 0 radical (unpaired) electrons. The number of thiophene rings is 1. The molecule has 1 aromatic heterocycles. The van der Waals surface area contributed by atoms with Gasteiger partial charge in [0.15, 0.2) is 0 Å². The maximum Gasteiger partial charge on any atom is 0.261 e. The van der Waals surface area contributed by atoms with Crippen LogP contribution in [-0.4, -0.2) is 17.8 Å². The smallest absolute Gasteiger partial charge is 0.261 e. The number of carbonyl (C=O) groups excluding carboxylic acids is 1. The second-order valence-electron chi connectivity index (χ2n) is 3.63. The molecule has 2 unspecified atom stereocenters. The molecule has 0 aliphatic heterocycles. The normalized spacial score (nSPS) is 14.6. The number of hydrogen-bond acceptors (Lipinski definition) is 2. The number of amides is 1. The Morgan fingerprint density at radius 3 is 2.62 bits per heavy atom. The van der Waals surface area contributed by atoms with Crippen LogP contribution in [0.5, 0.6) is 0 Å². The molecule has 0 saturated heterocycles. The third-order valence-electron chi connectivity index (χ3n) is 2.32. The van der Waals surface area contributed by atoms with Gasteiger partial charge in [-0.05, 0) is 50.8 Å². The van der Waals surface area contributed by atoms with E-state index >= 15 is 0 Å². The van der Waals surface area contributed by atoms with E-state index in [1.807, 2.05) is 19.9 Å². The Morgan fingerprint density at radius 2 is 2.19 bits per heavy atom. The fourth-order valence-electron chi connectivity index (χ4n) is 1.01. The lowest BCUT2D eigenvalue weighted by atomic mass is 10.1. The van der Waals surface area contributed by atoms with Crippen molar-refractivity contribution in [2.45, 2.75) is 19.9 Å². The van der Waals surface area contributed by atoms with Crippen LogP contribution in [0.2, 0.25) is 0 Å². The second-order valence-corrected chi connectivity index (χ2v) is 7.16. The van der Waals surface area contributed by atoms with Crippen LogP contribution in [0, 0.1) is 5.92 Å². The Bertz CT molecular complexity index is 363. The summed E-state index contributed by atoms with van der Waals surface area (Å²) < 4.78 is 1.83. The summed E-state index contributed by atoms with van der Waals surface area (Å²) in [6, 6.07) is 1.88. The summed E-state index contributed by atoms with van der Waals surface area (Å²) in [6.07, 6.45) is 0. The van der Waals surface area contributed by atoms with Crippen molar-refractivity contribution in [1.29, 1.82) is 0 Å². The molecule has 0 bridgehead atoms. The van der Waals surface area contributed by atoms with Gasteiger partial charge in [-0.15, -0.1) is 22.9 Å². The van der Waals surface area contributed by atoms with Gasteiger partial charge in [0.1, 0.15) is 0 Å². The van der Waals surface area contributed by atoms with Crippen LogP contribution in [0.4, 0.5) is 0 Å². The predicted molar refractivity (Wildman–Crippen MR) is 76.5 cm³/mol. The number of halogens is 3. The zero-order chi connectivity index (χ0) is 12.3. The van der Waals surface area contributed by atoms with E-state index in [1.54, 1.807) is 0 Å². The minimum Gasteiger partial charge on any atom is -0.349 e. The first-order chi connectivity index (χ1) is 7.45. The highest BCUT2D eigenvalue weighted by molar-refractivity contribution is 9.13. The fraction of sp³-hybridized carbons (Fsp3) is 0.500. The van der Waals surface area contributed by atoms with E-state index in [9.17, 15) is 4.79 Å². The van der Waals surface area contributed by atoms with E-state index in [0.717, 1.165) is 8.26 Å². The van der Waals surface area contributed by atoms with Crippen molar-refractivity contribution in [3.05, 3.63) is 19.2 Å². The van der Waals surface area contributed by atoms with Crippen molar-refractivity contribution >= 4 is 60.7 Å². The number of rotatable bonds is 4. The summed E-state index contributed by atoms with van der Waals surface area (Å²) in [5.41, 5.74) is 0. The zero-order valence-corrected chi connectivity index (χ0v) is 13.6. The van der Waals surface area contributed by atoms with Crippen LogP contribution in [-0.2, 0) is 0 Å². The zero-order valence-electron chi connectivity index (χ0n) is 8.89. The predicted octanol–water partition coefficient (Wildman–Crippen LogP) is 4.27. The Kier molecular flexibility index (Phi) is 5.77. The van der Waals surface area contributed by atoms with E-state index in [0.29, 0.717) is 10.8 Å². The van der Waals surface area contributed by atoms with Crippen molar-refractivity contribution in [3.8, 4) is 0 Å². The van der Waals surface area contributed by atoms with Crippen molar-refractivity contribution in [3.63, 3.8) is 0 Å². The maximum absolute atomic E-state index is 11.9. The summed E-state index contributed by atoms with van der Waals surface area (Å²) in [7, 11) is 0. The van der Waals surface area contributed by atoms with Crippen LogP contribution in [0.25, 0.3) is 0 Å². The topological polar surface area (TPSA) is 29.1 Å². The van der Waals surface area contributed by atoms with Gasteiger partial charge >= 0.3 is 0 Å². The van der Waals surface area contributed by atoms with Crippen molar-refractivity contribution < 1.29 is 4.79 Å². The molecule has 6 heteroatoms. The molecule has 0 saturated carbocycles. The van der Waals surface area contributed by atoms with Gasteiger partial charge in [0.25, 0.3) is 5.91 Å². The highest BCUT2D eigenvalue weighted by Gasteiger charge is 2.17. The van der Waals surface area contributed by atoms with Crippen LogP contribution >= 0.6 is 54.8 Å². The highest BCUT2D eigenvalue weighted by Crippen LogP contribution is 2.32. The van der Waals surface area contributed by atoms with Gasteiger partial charge in [-0.2, -0.15) is 0 Å². The minimum atomic E-state index is -0.0548. The van der Waals surface area contributed by atoms with E-state index in [-0.39, 0.29) is 17.9 Å². The summed E-state index contributed by atoms with van der Waals surface area (Å²) in [5.74, 6) is 0.748. The van der Waals surface area contributed by atoms with Crippen LogP contribution < -0.4 is 5.32 Å². The Labute approximate surface area is 121 Å². The molecule has 90 valence electrons. The van der Waals surface area contributed by atoms with Gasteiger partial charge in [-0.3, -0.25) is 4.79 Å². The van der Waals surface area contributed by atoms with Gasteiger partial charge < -0.3 is 5.32 Å². The fourth-order valence-corrected chi connectivity index (χ4v) is 3.22. The average molecular weight is 390 g/mol. The molecule has 1 amide bonds. The molecule has 2 atom stereocenters. The van der Waals surface area contributed by atoms with E-state index in [4.69, 9.17) is 11.6 Å². The molecule has 2 nitrogen and oxygen atoms in total. The molecule has 1 N–H and O–H groups in total. The van der Waals surface area contributed by atoms with Gasteiger partial charge in [-0.1, -0.05) is 6.92 Å². The Balaban J connectivity index is 2.65. The Morgan fingerprint density at radius 1 is 1.56 bits per heavy atom. The molecule has 16 heavy (non-hydrogen) atoms. The maximum atomic E-state index is 11.9. The third-order valence-corrected chi connectivity index (χ3v) is 6.07. The van der Waals surface area contributed by atoms with E-state index < -0.39 is 0 Å². The van der Waals surface area contributed by atoms with E-state index in [1.165, 1.54) is 11.3 Å². The lowest BCUT2D eigenvalue weighted by Crippen LogP contribution is -2.37. The monoisotopic (exact) mass is 387 g/mol. The van der Waals surface area contributed by atoms with Crippen LogP contribution in [0.1, 0.15) is 23.5 Å². The third kappa shape index (κ3) is 3.72. The number of carbonyl (C=O) groups is 1. The summed E-state index contributed by atoms with van der Waals surface area (Å²) >= 11 is 13.9. The molecule has 0 aromatic carbocycles. The molecule has 1 heterocycles. The molecule has 0 aliphatic carbocycles. The van der Waals surface area contributed by atoms with Crippen molar-refractivity contribution in [2.24, 2.45) is 5.92 Å². The lowest BCUT2D eigenvalue weighted by molar-refractivity contribution is 0.0935. The number of alkyl halides is 1. The first-order valence-corrected chi connectivity index (χ1v) is 7.71. The molecule has 0 fully saturated rings. The number of hydrogen-bond donors (Lipinski definition) is 1. The first-order valence-electron chi connectivity index (χ1n) is 4.77. The second kappa shape index (κ2) is 6.38. The molecule has 0 aliphatic rings. The molecule has 1 aromatic rings.